The Hall–Kier alpha value is -1.53. The molecule has 3 heterocycles. The zero-order valence-electron chi connectivity index (χ0n) is 11.1. The van der Waals surface area contributed by atoms with Gasteiger partial charge in [-0.2, -0.15) is 0 Å². The highest BCUT2D eigenvalue weighted by Gasteiger charge is 2.31. The van der Waals surface area contributed by atoms with E-state index in [4.69, 9.17) is 9.15 Å². The van der Waals surface area contributed by atoms with Crippen molar-refractivity contribution in [2.75, 3.05) is 19.8 Å². The van der Waals surface area contributed by atoms with Crippen LogP contribution in [0.3, 0.4) is 0 Å². The number of ether oxygens (including phenoxy) is 1. The predicted octanol–water partition coefficient (Wildman–Crippen LogP) is 2.59. The largest absolute Gasteiger partial charge is 0.457 e. The van der Waals surface area contributed by atoms with E-state index in [1.165, 1.54) is 6.26 Å². The topological polar surface area (TPSA) is 47.6 Å². The monoisotopic (exact) mass is 338 g/mol. The van der Waals surface area contributed by atoms with Gasteiger partial charge in [0.2, 0.25) is 0 Å². The number of rotatable bonds is 2. The Balaban J connectivity index is 1.89. The zero-order valence-corrected chi connectivity index (χ0v) is 12.7. The number of aryl methyl sites for hydroxylation is 1. The van der Waals surface area contributed by atoms with E-state index >= 15 is 0 Å². The number of furan rings is 1. The molecule has 0 unspecified atom stereocenters. The van der Waals surface area contributed by atoms with Crippen molar-refractivity contribution >= 4 is 21.8 Å². The number of hydrogen-bond donors (Lipinski definition) is 0. The first-order chi connectivity index (χ1) is 9.66. The lowest BCUT2D eigenvalue weighted by Crippen LogP contribution is -2.43. The third-order valence-electron chi connectivity index (χ3n) is 3.53. The van der Waals surface area contributed by atoms with Crippen LogP contribution < -0.4 is 0 Å². The van der Waals surface area contributed by atoms with E-state index in [0.29, 0.717) is 30.0 Å². The first-order valence-electron chi connectivity index (χ1n) is 6.41. The van der Waals surface area contributed by atoms with Crippen LogP contribution in [-0.2, 0) is 11.8 Å². The van der Waals surface area contributed by atoms with Crippen molar-refractivity contribution in [1.29, 1.82) is 0 Å². The van der Waals surface area contributed by atoms with Crippen LogP contribution >= 0.6 is 15.9 Å². The summed E-state index contributed by atoms with van der Waals surface area (Å²) in [6, 6.07) is 5.62. The number of carbonyl (C=O) groups excluding carboxylic acids is 1. The van der Waals surface area contributed by atoms with E-state index in [9.17, 15) is 4.79 Å². The second kappa shape index (κ2) is 5.46. The molecular weight excluding hydrogens is 324 g/mol. The zero-order chi connectivity index (χ0) is 14.1. The first kappa shape index (κ1) is 13.5. The summed E-state index contributed by atoms with van der Waals surface area (Å²) in [5, 5.41) is 0. The number of hydrogen-bond acceptors (Lipinski definition) is 3. The summed E-state index contributed by atoms with van der Waals surface area (Å²) >= 11 is 3.22. The molecule has 106 valence electrons. The Labute approximate surface area is 125 Å². The maximum atomic E-state index is 12.6. The highest BCUT2D eigenvalue weighted by atomic mass is 79.9. The van der Waals surface area contributed by atoms with Crippen molar-refractivity contribution in [3.8, 4) is 0 Å². The number of nitrogens with zero attached hydrogens (tertiary/aromatic N) is 2. The molecule has 1 aliphatic rings. The first-order valence-corrected chi connectivity index (χ1v) is 7.20. The van der Waals surface area contributed by atoms with Gasteiger partial charge in [0.05, 0.1) is 24.8 Å². The standard InChI is InChI=1S/C14H15BrN2O3/c1-16-4-2-3-11(16)12-9-19-6-5-17(12)14(18)10-7-13(15)20-8-10/h2-4,7-8,12H,5-6,9H2,1H3/t12-/m0/s1. The number of amides is 1. The van der Waals surface area contributed by atoms with Crippen molar-refractivity contribution in [3.63, 3.8) is 0 Å². The second-order valence-electron chi connectivity index (χ2n) is 4.77. The molecule has 2 aromatic heterocycles. The number of aromatic nitrogens is 1. The van der Waals surface area contributed by atoms with Gasteiger partial charge in [0.15, 0.2) is 4.67 Å². The Morgan fingerprint density at radius 2 is 2.35 bits per heavy atom. The minimum Gasteiger partial charge on any atom is -0.457 e. The number of carbonyl (C=O) groups is 1. The van der Waals surface area contributed by atoms with E-state index in [2.05, 4.69) is 15.9 Å². The van der Waals surface area contributed by atoms with Gasteiger partial charge in [-0.1, -0.05) is 0 Å². The van der Waals surface area contributed by atoms with Crippen LogP contribution in [0, 0.1) is 0 Å². The molecule has 1 amide bonds. The predicted molar refractivity (Wildman–Crippen MR) is 76.4 cm³/mol. The highest BCUT2D eigenvalue weighted by molar-refractivity contribution is 9.10. The van der Waals surface area contributed by atoms with Crippen molar-refractivity contribution in [3.05, 3.63) is 46.6 Å². The van der Waals surface area contributed by atoms with Crippen LogP contribution in [-0.4, -0.2) is 35.1 Å². The van der Waals surface area contributed by atoms with E-state index in [0.717, 1.165) is 5.69 Å². The number of halogens is 1. The van der Waals surface area contributed by atoms with Gasteiger partial charge < -0.3 is 18.6 Å². The molecule has 6 heteroatoms. The molecule has 1 fully saturated rings. The normalized spacial score (nSPS) is 19.3. The molecule has 0 aliphatic carbocycles. The van der Waals surface area contributed by atoms with Gasteiger partial charge in [0, 0.05) is 31.5 Å². The van der Waals surface area contributed by atoms with E-state index < -0.39 is 0 Å². The molecule has 1 saturated heterocycles. The molecular formula is C14H15BrN2O3. The molecule has 3 rings (SSSR count). The van der Waals surface area contributed by atoms with Crippen LogP contribution in [0.5, 0.6) is 0 Å². The molecule has 0 spiro atoms. The van der Waals surface area contributed by atoms with Crippen LogP contribution in [0.25, 0.3) is 0 Å². The lowest BCUT2D eigenvalue weighted by molar-refractivity contribution is -0.00466. The maximum Gasteiger partial charge on any atom is 0.257 e. The minimum absolute atomic E-state index is 0.0334. The Bertz CT molecular complexity index is 619. The van der Waals surface area contributed by atoms with Crippen LogP contribution in [0.15, 0.2) is 39.7 Å². The smallest absolute Gasteiger partial charge is 0.257 e. The third kappa shape index (κ3) is 2.41. The summed E-state index contributed by atoms with van der Waals surface area (Å²) in [5.41, 5.74) is 1.62. The highest BCUT2D eigenvalue weighted by Crippen LogP contribution is 2.27. The summed E-state index contributed by atoms with van der Waals surface area (Å²) in [6.45, 7) is 1.66. The van der Waals surface area contributed by atoms with Gasteiger partial charge in [-0.25, -0.2) is 0 Å². The summed E-state index contributed by atoms with van der Waals surface area (Å²) in [4.78, 5) is 14.5. The number of morpholine rings is 1. The maximum absolute atomic E-state index is 12.6. The van der Waals surface area contributed by atoms with Gasteiger partial charge in [0.25, 0.3) is 5.91 Å². The lowest BCUT2D eigenvalue weighted by Gasteiger charge is -2.35. The van der Waals surface area contributed by atoms with Gasteiger partial charge >= 0.3 is 0 Å². The van der Waals surface area contributed by atoms with Crippen molar-refractivity contribution in [2.24, 2.45) is 7.05 Å². The fourth-order valence-electron chi connectivity index (χ4n) is 2.50. The molecule has 0 saturated carbocycles. The average Bonchev–Trinajstić information content (AvgIpc) is 3.07. The van der Waals surface area contributed by atoms with Gasteiger partial charge in [-0.15, -0.1) is 0 Å². The molecule has 0 bridgehead atoms. The molecule has 0 radical (unpaired) electrons. The molecule has 1 aliphatic heterocycles. The Morgan fingerprint density at radius 1 is 1.50 bits per heavy atom. The molecule has 20 heavy (non-hydrogen) atoms. The quantitative estimate of drug-likeness (QED) is 0.845. The van der Waals surface area contributed by atoms with Crippen LogP contribution in [0.1, 0.15) is 22.1 Å². The summed E-state index contributed by atoms with van der Waals surface area (Å²) in [6.07, 6.45) is 3.45. The van der Waals surface area contributed by atoms with Crippen molar-refractivity contribution in [2.45, 2.75) is 6.04 Å². The second-order valence-corrected chi connectivity index (χ2v) is 5.55. The van der Waals surface area contributed by atoms with Gasteiger partial charge in [-0.3, -0.25) is 4.79 Å². The van der Waals surface area contributed by atoms with Crippen LogP contribution in [0.2, 0.25) is 0 Å². The minimum atomic E-state index is -0.0649. The Kier molecular flexibility index (Phi) is 3.67. The summed E-state index contributed by atoms with van der Waals surface area (Å²) in [5.74, 6) is -0.0334. The molecule has 5 nitrogen and oxygen atoms in total. The van der Waals surface area contributed by atoms with Crippen molar-refractivity contribution in [1.82, 2.24) is 9.47 Å². The van der Waals surface area contributed by atoms with Gasteiger partial charge in [0.1, 0.15) is 6.26 Å². The van der Waals surface area contributed by atoms with Crippen LogP contribution in [0.4, 0.5) is 0 Å². The molecule has 1 atom stereocenters. The fourth-order valence-corrected chi connectivity index (χ4v) is 2.84. The SMILES string of the molecule is Cn1cccc1[C@@H]1COCCN1C(=O)c1coc(Br)c1. The van der Waals surface area contributed by atoms with Crippen molar-refractivity contribution < 1.29 is 13.9 Å². The van der Waals surface area contributed by atoms with E-state index in [-0.39, 0.29) is 11.9 Å². The average molecular weight is 339 g/mol. The van der Waals surface area contributed by atoms with E-state index in [1.807, 2.05) is 34.8 Å². The molecule has 2 aromatic rings. The summed E-state index contributed by atoms with van der Waals surface area (Å²) < 4.78 is 13.3. The third-order valence-corrected chi connectivity index (χ3v) is 3.94. The fraction of sp³-hybridized carbons (Fsp3) is 0.357. The van der Waals surface area contributed by atoms with Gasteiger partial charge in [-0.05, 0) is 28.1 Å². The summed E-state index contributed by atoms with van der Waals surface area (Å²) in [7, 11) is 1.97. The lowest BCUT2D eigenvalue weighted by atomic mass is 10.1. The molecule has 0 N–H and O–H groups in total. The van der Waals surface area contributed by atoms with E-state index in [1.54, 1.807) is 6.07 Å². The Morgan fingerprint density at radius 3 is 3.00 bits per heavy atom. The molecule has 0 aromatic carbocycles.